The van der Waals surface area contributed by atoms with Crippen LogP contribution in [0.4, 0.5) is 5.69 Å². The Balaban J connectivity index is 3.05. The Morgan fingerprint density at radius 3 is 2.64 bits per heavy atom. The predicted octanol–water partition coefficient (Wildman–Crippen LogP) is 1.76. The van der Waals surface area contributed by atoms with Gasteiger partial charge in [0, 0.05) is 5.56 Å². The minimum atomic E-state index is -3.33. The Kier molecular flexibility index (Phi) is 3.55. The summed E-state index contributed by atoms with van der Waals surface area (Å²) in [6.45, 7) is 0. The zero-order valence-electron chi connectivity index (χ0n) is 7.20. The van der Waals surface area contributed by atoms with Gasteiger partial charge >= 0.3 is 0 Å². The lowest BCUT2D eigenvalue weighted by Gasteiger charge is -2.06. The van der Waals surface area contributed by atoms with Crippen LogP contribution in [0.3, 0.4) is 0 Å². The summed E-state index contributed by atoms with van der Waals surface area (Å²) in [7, 11) is -3.33. The molecular formula is C9H8BrNO2S. The van der Waals surface area contributed by atoms with Crippen molar-refractivity contribution in [3.8, 4) is 12.3 Å². The molecule has 1 N–H and O–H groups in total. The van der Waals surface area contributed by atoms with Crippen LogP contribution in [0.15, 0.2) is 24.3 Å². The maximum absolute atomic E-state index is 11.2. The fraction of sp³-hybridized carbons (Fsp3) is 0.111. The first-order valence-corrected chi connectivity index (χ1v) is 6.48. The van der Waals surface area contributed by atoms with Crippen molar-refractivity contribution in [2.75, 3.05) is 9.38 Å². The van der Waals surface area contributed by atoms with Crippen molar-refractivity contribution in [2.45, 2.75) is 0 Å². The molecule has 0 saturated heterocycles. The number of halogens is 1. The molecule has 1 aromatic rings. The number of alkyl halides is 1. The molecule has 0 radical (unpaired) electrons. The van der Waals surface area contributed by atoms with Gasteiger partial charge in [0.2, 0.25) is 10.0 Å². The van der Waals surface area contributed by atoms with Crippen LogP contribution in [0.5, 0.6) is 0 Å². The van der Waals surface area contributed by atoms with Crippen LogP contribution in [-0.4, -0.2) is 13.1 Å². The minimum absolute atomic E-state index is 0.154. The van der Waals surface area contributed by atoms with Crippen molar-refractivity contribution in [1.29, 1.82) is 0 Å². The van der Waals surface area contributed by atoms with Gasteiger partial charge in [0.05, 0.1) is 5.69 Å². The number of benzene rings is 1. The van der Waals surface area contributed by atoms with Crippen LogP contribution >= 0.6 is 15.9 Å². The monoisotopic (exact) mass is 273 g/mol. The summed E-state index contributed by atoms with van der Waals surface area (Å²) >= 11 is 2.87. The zero-order valence-corrected chi connectivity index (χ0v) is 9.60. The van der Waals surface area contributed by atoms with Gasteiger partial charge in [-0.25, -0.2) is 8.42 Å². The smallest absolute Gasteiger partial charge is 0.242 e. The highest BCUT2D eigenvalue weighted by molar-refractivity contribution is 9.10. The first kappa shape index (κ1) is 11.1. The SMILES string of the molecule is C#Cc1ccccc1NS(=O)(=O)CBr. The van der Waals surface area contributed by atoms with Gasteiger partial charge in [0.15, 0.2) is 0 Å². The quantitative estimate of drug-likeness (QED) is 0.674. The molecule has 0 unspecified atom stereocenters. The van der Waals surface area contributed by atoms with Crippen LogP contribution in [0.1, 0.15) is 5.56 Å². The number of terminal acetylenes is 1. The lowest BCUT2D eigenvalue weighted by atomic mass is 10.2. The van der Waals surface area contributed by atoms with Crippen molar-refractivity contribution in [2.24, 2.45) is 0 Å². The Morgan fingerprint density at radius 1 is 1.43 bits per heavy atom. The molecule has 74 valence electrons. The number of sulfonamides is 1. The molecule has 0 amide bonds. The molecular weight excluding hydrogens is 266 g/mol. The van der Waals surface area contributed by atoms with E-state index in [9.17, 15) is 8.42 Å². The van der Waals surface area contributed by atoms with Gasteiger partial charge in [0.25, 0.3) is 0 Å². The number of nitrogens with one attached hydrogen (secondary N) is 1. The molecule has 0 saturated carbocycles. The fourth-order valence-corrected chi connectivity index (χ4v) is 1.80. The van der Waals surface area contributed by atoms with E-state index in [1.165, 1.54) is 0 Å². The van der Waals surface area contributed by atoms with Gasteiger partial charge in [-0.3, -0.25) is 4.72 Å². The molecule has 0 atom stereocenters. The first-order chi connectivity index (χ1) is 6.59. The summed E-state index contributed by atoms with van der Waals surface area (Å²) in [5.41, 5.74) is 0.950. The van der Waals surface area contributed by atoms with Gasteiger partial charge in [0.1, 0.15) is 4.66 Å². The third kappa shape index (κ3) is 2.76. The highest BCUT2D eigenvalue weighted by atomic mass is 79.9. The Morgan fingerprint density at radius 2 is 2.07 bits per heavy atom. The standard InChI is InChI=1S/C9H8BrNO2S/c1-2-8-5-3-4-6-9(8)11-14(12,13)7-10/h1,3-6,11H,7H2. The first-order valence-electron chi connectivity index (χ1n) is 3.71. The molecule has 1 aromatic carbocycles. The number of para-hydroxylation sites is 1. The van der Waals surface area contributed by atoms with Gasteiger partial charge < -0.3 is 0 Å². The molecule has 0 aliphatic carbocycles. The van der Waals surface area contributed by atoms with Crippen molar-refractivity contribution in [3.05, 3.63) is 29.8 Å². The van der Waals surface area contributed by atoms with E-state index in [0.717, 1.165) is 0 Å². The molecule has 5 heteroatoms. The number of rotatable bonds is 3. The van der Waals surface area contributed by atoms with E-state index in [2.05, 4.69) is 26.6 Å². The van der Waals surface area contributed by atoms with Crippen LogP contribution in [0, 0.1) is 12.3 Å². The topological polar surface area (TPSA) is 46.2 Å². The lowest BCUT2D eigenvalue weighted by molar-refractivity contribution is 0.606. The second kappa shape index (κ2) is 4.49. The Bertz CT molecular complexity index is 462. The van der Waals surface area contributed by atoms with Gasteiger partial charge in [-0.1, -0.05) is 34.0 Å². The maximum atomic E-state index is 11.2. The summed E-state index contributed by atoms with van der Waals surface area (Å²) in [6.07, 6.45) is 5.21. The summed E-state index contributed by atoms with van der Waals surface area (Å²) in [4.78, 5) is 0. The molecule has 0 spiro atoms. The Labute approximate surface area is 91.7 Å². The zero-order chi connectivity index (χ0) is 10.6. The number of hydrogen-bond donors (Lipinski definition) is 1. The van der Waals surface area contributed by atoms with E-state index < -0.39 is 10.0 Å². The molecule has 0 bridgehead atoms. The molecule has 0 fully saturated rings. The van der Waals surface area contributed by atoms with Crippen molar-refractivity contribution < 1.29 is 8.42 Å². The maximum Gasteiger partial charge on any atom is 0.242 e. The number of hydrogen-bond acceptors (Lipinski definition) is 2. The summed E-state index contributed by atoms with van der Waals surface area (Å²) < 4.78 is 24.6. The van der Waals surface area contributed by atoms with Crippen LogP contribution in [-0.2, 0) is 10.0 Å². The summed E-state index contributed by atoms with van der Waals surface area (Å²) in [5.74, 6) is 2.40. The molecule has 0 aliphatic heterocycles. The van der Waals surface area contributed by atoms with E-state index >= 15 is 0 Å². The van der Waals surface area contributed by atoms with E-state index in [1.54, 1.807) is 24.3 Å². The normalized spacial score (nSPS) is 10.6. The fourth-order valence-electron chi connectivity index (χ4n) is 0.893. The van der Waals surface area contributed by atoms with Crippen molar-refractivity contribution in [3.63, 3.8) is 0 Å². The van der Waals surface area contributed by atoms with Crippen LogP contribution < -0.4 is 4.72 Å². The molecule has 0 aromatic heterocycles. The molecule has 0 heterocycles. The molecule has 3 nitrogen and oxygen atoms in total. The number of anilines is 1. The second-order valence-corrected chi connectivity index (χ2v) is 5.54. The van der Waals surface area contributed by atoms with E-state index in [1.807, 2.05) is 0 Å². The van der Waals surface area contributed by atoms with Crippen molar-refractivity contribution in [1.82, 2.24) is 0 Å². The molecule has 1 rings (SSSR count). The van der Waals surface area contributed by atoms with E-state index in [-0.39, 0.29) is 4.66 Å². The van der Waals surface area contributed by atoms with Gasteiger partial charge in [-0.15, -0.1) is 6.42 Å². The molecule has 0 aliphatic rings. The van der Waals surface area contributed by atoms with Crippen LogP contribution in [0.2, 0.25) is 0 Å². The highest BCUT2D eigenvalue weighted by Crippen LogP contribution is 2.15. The van der Waals surface area contributed by atoms with Gasteiger partial charge in [-0.2, -0.15) is 0 Å². The third-order valence-electron chi connectivity index (χ3n) is 1.49. The minimum Gasteiger partial charge on any atom is -0.282 e. The highest BCUT2D eigenvalue weighted by Gasteiger charge is 2.09. The van der Waals surface area contributed by atoms with Gasteiger partial charge in [-0.05, 0) is 12.1 Å². The van der Waals surface area contributed by atoms with E-state index in [0.29, 0.717) is 11.3 Å². The van der Waals surface area contributed by atoms with E-state index in [4.69, 9.17) is 6.42 Å². The summed E-state index contributed by atoms with van der Waals surface area (Å²) in [5, 5.41) is 0. The average Bonchev–Trinajstić information content (AvgIpc) is 2.18. The van der Waals surface area contributed by atoms with Crippen LogP contribution in [0.25, 0.3) is 0 Å². The summed E-state index contributed by atoms with van der Waals surface area (Å²) in [6, 6.07) is 6.76. The second-order valence-electron chi connectivity index (χ2n) is 2.52. The lowest BCUT2D eigenvalue weighted by Crippen LogP contribution is -2.13. The predicted molar refractivity (Wildman–Crippen MR) is 60.7 cm³/mol. The Hall–Kier alpha value is -0.990. The largest absolute Gasteiger partial charge is 0.282 e. The van der Waals surface area contributed by atoms with Crippen molar-refractivity contribution >= 4 is 31.6 Å². The average molecular weight is 274 g/mol. The third-order valence-corrected chi connectivity index (χ3v) is 4.12. The molecule has 14 heavy (non-hydrogen) atoms.